The van der Waals surface area contributed by atoms with E-state index in [0.717, 1.165) is 0 Å². The van der Waals surface area contributed by atoms with Gasteiger partial charge in [-0.2, -0.15) is 15.6 Å². The second-order valence-electron chi connectivity index (χ2n) is 3.91. The molecule has 0 bridgehead atoms. The topological polar surface area (TPSA) is 106 Å². The maximum Gasteiger partial charge on any atom is 0.237 e. The minimum Gasteiger partial charge on any atom is -0.277 e. The summed E-state index contributed by atoms with van der Waals surface area (Å²) in [6, 6.07) is 9.14. The van der Waals surface area contributed by atoms with Crippen molar-refractivity contribution < 1.29 is 8.42 Å². The lowest BCUT2D eigenvalue weighted by Crippen LogP contribution is -2.13. The molecule has 0 fully saturated rings. The van der Waals surface area contributed by atoms with Crippen LogP contribution in [0.4, 0.5) is 5.69 Å². The van der Waals surface area contributed by atoms with Crippen molar-refractivity contribution in [3.8, 4) is 12.1 Å². The molecule has 0 aromatic heterocycles. The van der Waals surface area contributed by atoms with Gasteiger partial charge in [0.05, 0.1) is 15.8 Å². The van der Waals surface area contributed by atoms with Crippen molar-refractivity contribution in [3.05, 3.63) is 24.3 Å². The standard InChI is InChI=1S/C12H12N4O2S/c1-9(2)19(17,18)12-5-3-10(4-6-12)15-16-11(7-13)8-14/h3-6,9,15H,1-2H3. The van der Waals surface area contributed by atoms with Crippen LogP contribution in [0.15, 0.2) is 34.3 Å². The zero-order chi connectivity index (χ0) is 14.5. The van der Waals surface area contributed by atoms with E-state index in [4.69, 9.17) is 10.5 Å². The Kier molecular flexibility index (Phi) is 4.62. The number of hydrazone groups is 1. The monoisotopic (exact) mass is 276 g/mol. The molecule has 0 saturated carbocycles. The SMILES string of the molecule is CC(C)S(=O)(=O)c1ccc(NN=C(C#N)C#N)cc1. The van der Waals surface area contributed by atoms with Crippen molar-refractivity contribution in [3.63, 3.8) is 0 Å². The van der Waals surface area contributed by atoms with Gasteiger partial charge in [-0.05, 0) is 38.1 Å². The van der Waals surface area contributed by atoms with Gasteiger partial charge in [-0.15, -0.1) is 0 Å². The molecule has 0 spiro atoms. The van der Waals surface area contributed by atoms with Crippen molar-refractivity contribution in [1.29, 1.82) is 10.5 Å². The Morgan fingerprint density at radius 2 is 1.74 bits per heavy atom. The fourth-order valence-corrected chi connectivity index (χ4v) is 2.25. The van der Waals surface area contributed by atoms with Crippen molar-refractivity contribution in [1.82, 2.24) is 0 Å². The van der Waals surface area contributed by atoms with Gasteiger partial charge in [-0.1, -0.05) is 0 Å². The van der Waals surface area contributed by atoms with E-state index in [1.165, 1.54) is 24.3 Å². The molecule has 0 radical (unpaired) electrons. The molecule has 0 saturated heterocycles. The summed E-state index contributed by atoms with van der Waals surface area (Å²) >= 11 is 0. The molecule has 19 heavy (non-hydrogen) atoms. The van der Waals surface area contributed by atoms with Gasteiger partial charge in [-0.25, -0.2) is 8.42 Å². The summed E-state index contributed by atoms with van der Waals surface area (Å²) in [7, 11) is -3.30. The molecular formula is C12H12N4O2S. The van der Waals surface area contributed by atoms with Crippen LogP contribution in [0.1, 0.15) is 13.8 Å². The lowest BCUT2D eigenvalue weighted by Gasteiger charge is -2.08. The first kappa shape index (κ1) is 14.7. The van der Waals surface area contributed by atoms with Crippen LogP contribution in [-0.4, -0.2) is 19.4 Å². The highest BCUT2D eigenvalue weighted by molar-refractivity contribution is 7.92. The van der Waals surface area contributed by atoms with Crippen LogP contribution in [0.5, 0.6) is 0 Å². The van der Waals surface area contributed by atoms with Crippen LogP contribution in [0.2, 0.25) is 0 Å². The normalized spacial score (nSPS) is 10.4. The summed E-state index contributed by atoms with van der Waals surface area (Å²) in [6.45, 7) is 3.22. The Morgan fingerprint density at radius 1 is 1.21 bits per heavy atom. The molecular weight excluding hydrogens is 264 g/mol. The van der Waals surface area contributed by atoms with Gasteiger partial charge in [0.25, 0.3) is 0 Å². The van der Waals surface area contributed by atoms with Crippen molar-refractivity contribution in [2.24, 2.45) is 5.10 Å². The fraction of sp³-hybridized carbons (Fsp3) is 0.250. The summed E-state index contributed by atoms with van der Waals surface area (Å²) in [4.78, 5) is 0.220. The number of nitrogens with zero attached hydrogens (tertiary/aromatic N) is 3. The average molecular weight is 276 g/mol. The van der Waals surface area contributed by atoms with Crippen molar-refractivity contribution >= 4 is 21.2 Å². The van der Waals surface area contributed by atoms with E-state index < -0.39 is 15.1 Å². The zero-order valence-electron chi connectivity index (χ0n) is 10.5. The first-order valence-corrected chi connectivity index (χ1v) is 6.94. The van der Waals surface area contributed by atoms with E-state index in [1.54, 1.807) is 26.0 Å². The summed E-state index contributed by atoms with van der Waals surface area (Å²) in [5.41, 5.74) is 2.69. The van der Waals surface area contributed by atoms with Gasteiger partial charge in [-0.3, -0.25) is 5.43 Å². The van der Waals surface area contributed by atoms with E-state index in [2.05, 4.69) is 10.5 Å². The van der Waals surface area contributed by atoms with Crippen LogP contribution < -0.4 is 5.43 Å². The Labute approximate surface area is 111 Å². The molecule has 98 valence electrons. The van der Waals surface area contributed by atoms with Gasteiger partial charge in [0.2, 0.25) is 5.71 Å². The van der Waals surface area contributed by atoms with Crippen LogP contribution in [0, 0.1) is 22.7 Å². The summed E-state index contributed by atoms with van der Waals surface area (Å²) in [5, 5.41) is 20.0. The molecule has 1 N–H and O–H groups in total. The minimum atomic E-state index is -3.30. The van der Waals surface area contributed by atoms with E-state index in [0.29, 0.717) is 5.69 Å². The number of rotatable bonds is 4. The fourth-order valence-electron chi connectivity index (χ4n) is 1.19. The van der Waals surface area contributed by atoms with E-state index in [1.807, 2.05) is 0 Å². The maximum absolute atomic E-state index is 11.9. The third-order valence-corrected chi connectivity index (χ3v) is 4.48. The zero-order valence-corrected chi connectivity index (χ0v) is 11.3. The molecule has 0 aliphatic rings. The molecule has 1 aromatic rings. The van der Waals surface area contributed by atoms with Crippen molar-refractivity contribution in [2.45, 2.75) is 24.0 Å². The third-order valence-electron chi connectivity index (χ3n) is 2.31. The van der Waals surface area contributed by atoms with Crippen LogP contribution in [0.3, 0.4) is 0 Å². The highest BCUT2D eigenvalue weighted by atomic mass is 32.2. The number of hydrogen-bond donors (Lipinski definition) is 1. The number of nitrogens with one attached hydrogen (secondary N) is 1. The molecule has 0 aliphatic heterocycles. The largest absolute Gasteiger partial charge is 0.277 e. The smallest absolute Gasteiger partial charge is 0.237 e. The number of hydrogen-bond acceptors (Lipinski definition) is 6. The summed E-state index contributed by atoms with van der Waals surface area (Å²) in [5.74, 6) is 0. The first-order chi connectivity index (χ1) is 8.91. The van der Waals surface area contributed by atoms with Gasteiger partial charge in [0, 0.05) is 0 Å². The Bertz CT molecular complexity index is 645. The predicted octanol–water partition coefficient (Wildman–Crippen LogP) is 1.68. The van der Waals surface area contributed by atoms with Crippen molar-refractivity contribution in [2.75, 3.05) is 5.43 Å². The predicted molar refractivity (Wildman–Crippen MR) is 71.0 cm³/mol. The van der Waals surface area contributed by atoms with Gasteiger partial charge in [0.15, 0.2) is 9.84 Å². The second kappa shape index (κ2) is 5.98. The molecule has 0 heterocycles. The Morgan fingerprint density at radius 3 is 2.16 bits per heavy atom. The number of benzene rings is 1. The van der Waals surface area contributed by atoms with Gasteiger partial charge >= 0.3 is 0 Å². The molecule has 6 nitrogen and oxygen atoms in total. The minimum absolute atomic E-state index is 0.220. The number of anilines is 1. The molecule has 0 unspecified atom stereocenters. The van der Waals surface area contributed by atoms with E-state index in [9.17, 15) is 8.42 Å². The molecule has 1 aromatic carbocycles. The van der Waals surface area contributed by atoms with Crippen LogP contribution in [0.25, 0.3) is 0 Å². The van der Waals surface area contributed by atoms with Crippen LogP contribution in [-0.2, 0) is 9.84 Å². The quantitative estimate of drug-likeness (QED) is 0.665. The first-order valence-electron chi connectivity index (χ1n) is 5.39. The highest BCUT2D eigenvalue weighted by Gasteiger charge is 2.18. The van der Waals surface area contributed by atoms with Gasteiger partial charge < -0.3 is 0 Å². The highest BCUT2D eigenvalue weighted by Crippen LogP contribution is 2.18. The molecule has 0 amide bonds. The van der Waals surface area contributed by atoms with E-state index >= 15 is 0 Å². The summed E-state index contributed by atoms with van der Waals surface area (Å²) < 4.78 is 23.7. The molecule has 1 rings (SSSR count). The Balaban J connectivity index is 2.94. The van der Waals surface area contributed by atoms with E-state index in [-0.39, 0.29) is 10.6 Å². The van der Waals surface area contributed by atoms with Crippen LogP contribution >= 0.6 is 0 Å². The molecule has 0 aliphatic carbocycles. The average Bonchev–Trinajstić information content (AvgIpc) is 2.40. The summed E-state index contributed by atoms with van der Waals surface area (Å²) in [6.07, 6.45) is 0. The lowest BCUT2D eigenvalue weighted by molar-refractivity contribution is 0.587. The maximum atomic E-state index is 11.9. The molecule has 7 heteroatoms. The molecule has 0 atom stereocenters. The second-order valence-corrected chi connectivity index (χ2v) is 6.42. The number of nitriles is 2. The Hall–Kier alpha value is -2.38. The lowest BCUT2D eigenvalue weighted by atomic mass is 10.3. The number of sulfone groups is 1. The van der Waals surface area contributed by atoms with Gasteiger partial charge in [0.1, 0.15) is 12.1 Å². The third kappa shape index (κ3) is 3.54.